The maximum absolute atomic E-state index is 5.03. The monoisotopic (exact) mass is 218 g/mol. The van der Waals surface area contributed by atoms with Crippen LogP contribution in [0.1, 0.15) is 0 Å². The van der Waals surface area contributed by atoms with Crippen LogP contribution < -0.4 is 4.74 Å². The van der Waals surface area contributed by atoms with E-state index in [-0.39, 0.29) is 0 Å². The van der Waals surface area contributed by atoms with Crippen molar-refractivity contribution in [1.82, 2.24) is 0 Å². The molecule has 0 amide bonds. The normalized spacial score (nSPS) is 9.50. The third kappa shape index (κ3) is 1.47. The van der Waals surface area contributed by atoms with Crippen LogP contribution in [0, 0.1) is 0 Å². The smallest absolute Gasteiger partial charge is 0.134 e. The average molecular weight is 219 g/mol. The minimum atomic E-state index is 0.813. The molecule has 1 nitrogen and oxygen atoms in total. The maximum atomic E-state index is 5.03. The van der Waals surface area contributed by atoms with Crippen molar-refractivity contribution in [2.45, 2.75) is 4.90 Å². The molecular formula is C7H7BrOS. The highest BCUT2D eigenvalue weighted by Crippen LogP contribution is 2.30. The molecule has 0 heterocycles. The molecule has 0 unspecified atom stereocenters. The fourth-order valence-electron chi connectivity index (χ4n) is 0.657. The summed E-state index contributed by atoms with van der Waals surface area (Å²) in [5.74, 6) is 0.813. The lowest BCUT2D eigenvalue weighted by molar-refractivity contribution is 0.411. The van der Waals surface area contributed by atoms with Crippen molar-refractivity contribution >= 4 is 28.6 Å². The zero-order valence-corrected chi connectivity index (χ0v) is 7.95. The second-order valence-electron chi connectivity index (χ2n) is 1.79. The molecule has 0 radical (unpaired) electrons. The maximum Gasteiger partial charge on any atom is 0.134 e. The summed E-state index contributed by atoms with van der Waals surface area (Å²) in [5, 5.41) is 0. The van der Waals surface area contributed by atoms with Crippen LogP contribution in [0.4, 0.5) is 0 Å². The number of benzene rings is 1. The Hall–Kier alpha value is -0.150. The summed E-state index contributed by atoms with van der Waals surface area (Å²) in [7, 11) is 1.63. The molecule has 0 aliphatic heterocycles. The van der Waals surface area contributed by atoms with E-state index in [1.807, 2.05) is 18.2 Å². The van der Waals surface area contributed by atoms with Gasteiger partial charge in [0.05, 0.1) is 11.6 Å². The third-order valence-corrected chi connectivity index (χ3v) is 2.66. The van der Waals surface area contributed by atoms with Gasteiger partial charge in [0.2, 0.25) is 0 Å². The summed E-state index contributed by atoms with van der Waals surface area (Å²) >= 11 is 7.53. The summed E-state index contributed by atoms with van der Waals surface area (Å²) in [6.07, 6.45) is 0. The van der Waals surface area contributed by atoms with E-state index in [0.29, 0.717) is 0 Å². The van der Waals surface area contributed by atoms with Crippen molar-refractivity contribution in [3.8, 4) is 5.75 Å². The van der Waals surface area contributed by atoms with Crippen molar-refractivity contribution in [2.75, 3.05) is 7.11 Å². The fourth-order valence-corrected chi connectivity index (χ4v) is 1.28. The Kier molecular flexibility index (Phi) is 2.63. The quantitative estimate of drug-likeness (QED) is 0.714. The van der Waals surface area contributed by atoms with Crippen LogP contribution in [0.15, 0.2) is 27.6 Å². The van der Waals surface area contributed by atoms with E-state index in [0.717, 1.165) is 15.1 Å². The van der Waals surface area contributed by atoms with Gasteiger partial charge < -0.3 is 4.74 Å². The SMILES string of the molecule is COc1cccc(S)c1Br. The minimum absolute atomic E-state index is 0.813. The second kappa shape index (κ2) is 3.30. The van der Waals surface area contributed by atoms with Crippen molar-refractivity contribution in [1.29, 1.82) is 0 Å². The van der Waals surface area contributed by atoms with Gasteiger partial charge in [-0.2, -0.15) is 0 Å². The van der Waals surface area contributed by atoms with E-state index in [1.165, 1.54) is 0 Å². The lowest BCUT2D eigenvalue weighted by atomic mass is 10.3. The van der Waals surface area contributed by atoms with Crippen LogP contribution in [0.5, 0.6) is 5.75 Å². The summed E-state index contributed by atoms with van der Waals surface area (Å²) < 4.78 is 5.93. The van der Waals surface area contributed by atoms with E-state index in [4.69, 9.17) is 4.74 Å². The molecule has 0 bridgehead atoms. The Balaban J connectivity index is 3.14. The van der Waals surface area contributed by atoms with E-state index >= 15 is 0 Å². The third-order valence-electron chi connectivity index (χ3n) is 1.16. The molecule has 10 heavy (non-hydrogen) atoms. The Labute approximate surface area is 73.9 Å². The first kappa shape index (κ1) is 7.95. The number of thiol groups is 1. The largest absolute Gasteiger partial charge is 0.496 e. The average Bonchev–Trinajstić information content (AvgIpc) is 1.95. The Morgan fingerprint density at radius 2 is 2.20 bits per heavy atom. The number of halogens is 1. The topological polar surface area (TPSA) is 9.23 Å². The van der Waals surface area contributed by atoms with Crippen LogP contribution in [-0.4, -0.2) is 7.11 Å². The molecule has 0 saturated carbocycles. The van der Waals surface area contributed by atoms with Gasteiger partial charge in [-0.25, -0.2) is 0 Å². The van der Waals surface area contributed by atoms with E-state index < -0.39 is 0 Å². The van der Waals surface area contributed by atoms with Gasteiger partial charge in [-0.1, -0.05) is 6.07 Å². The summed E-state index contributed by atoms with van der Waals surface area (Å²) in [6, 6.07) is 5.67. The molecule has 3 heteroatoms. The van der Waals surface area contributed by atoms with Gasteiger partial charge >= 0.3 is 0 Å². The number of rotatable bonds is 1. The summed E-state index contributed by atoms with van der Waals surface area (Å²) in [4.78, 5) is 0.888. The Bertz CT molecular complexity index is 237. The Morgan fingerprint density at radius 1 is 1.50 bits per heavy atom. The highest BCUT2D eigenvalue weighted by atomic mass is 79.9. The van der Waals surface area contributed by atoms with E-state index in [2.05, 4.69) is 28.6 Å². The first-order valence-electron chi connectivity index (χ1n) is 2.77. The van der Waals surface area contributed by atoms with Crippen molar-refractivity contribution in [3.05, 3.63) is 22.7 Å². The highest BCUT2D eigenvalue weighted by molar-refractivity contribution is 9.10. The van der Waals surface area contributed by atoms with Crippen LogP contribution in [0.2, 0.25) is 0 Å². The van der Waals surface area contributed by atoms with Gasteiger partial charge in [0.25, 0.3) is 0 Å². The lowest BCUT2D eigenvalue weighted by Crippen LogP contribution is -1.83. The van der Waals surface area contributed by atoms with E-state index in [1.54, 1.807) is 7.11 Å². The molecule has 0 aliphatic rings. The zero-order chi connectivity index (χ0) is 7.56. The van der Waals surface area contributed by atoms with Gasteiger partial charge in [0.1, 0.15) is 5.75 Å². The molecular weight excluding hydrogens is 212 g/mol. The van der Waals surface area contributed by atoms with Crippen LogP contribution in [0.25, 0.3) is 0 Å². The van der Waals surface area contributed by atoms with Crippen LogP contribution >= 0.6 is 28.6 Å². The predicted octanol–water partition coefficient (Wildman–Crippen LogP) is 2.75. The first-order chi connectivity index (χ1) is 4.75. The molecule has 0 N–H and O–H groups in total. The van der Waals surface area contributed by atoms with Gasteiger partial charge in [-0.05, 0) is 28.1 Å². The molecule has 1 aromatic rings. The fraction of sp³-hybridized carbons (Fsp3) is 0.143. The van der Waals surface area contributed by atoms with Crippen molar-refractivity contribution in [2.24, 2.45) is 0 Å². The molecule has 0 atom stereocenters. The van der Waals surface area contributed by atoms with Gasteiger partial charge in [0.15, 0.2) is 0 Å². The van der Waals surface area contributed by atoms with Gasteiger partial charge in [-0.15, -0.1) is 12.6 Å². The van der Waals surface area contributed by atoms with Crippen LogP contribution in [-0.2, 0) is 0 Å². The molecule has 0 fully saturated rings. The second-order valence-corrected chi connectivity index (χ2v) is 3.07. The molecule has 1 aromatic carbocycles. The lowest BCUT2D eigenvalue weighted by Gasteiger charge is -2.02. The van der Waals surface area contributed by atoms with Crippen molar-refractivity contribution in [3.63, 3.8) is 0 Å². The molecule has 0 aliphatic carbocycles. The number of ether oxygens (including phenoxy) is 1. The van der Waals surface area contributed by atoms with E-state index in [9.17, 15) is 0 Å². The number of hydrogen-bond acceptors (Lipinski definition) is 2. The summed E-state index contributed by atoms with van der Waals surface area (Å²) in [6.45, 7) is 0. The molecule has 0 saturated heterocycles. The predicted molar refractivity (Wildman–Crippen MR) is 47.9 cm³/mol. The molecule has 1 rings (SSSR count). The first-order valence-corrected chi connectivity index (χ1v) is 4.01. The van der Waals surface area contributed by atoms with Crippen molar-refractivity contribution < 1.29 is 4.74 Å². The zero-order valence-electron chi connectivity index (χ0n) is 5.47. The standard InChI is InChI=1S/C7H7BrOS/c1-9-5-3-2-4-6(10)7(5)8/h2-4,10H,1H3. The Morgan fingerprint density at radius 3 is 2.70 bits per heavy atom. The summed E-state index contributed by atoms with van der Waals surface area (Å²) in [5.41, 5.74) is 0. The number of hydrogen-bond donors (Lipinski definition) is 1. The molecule has 0 aromatic heterocycles. The highest BCUT2D eigenvalue weighted by Gasteiger charge is 2.00. The number of methoxy groups -OCH3 is 1. The van der Waals surface area contributed by atoms with Gasteiger partial charge in [-0.3, -0.25) is 0 Å². The van der Waals surface area contributed by atoms with Crippen LogP contribution in [0.3, 0.4) is 0 Å². The van der Waals surface area contributed by atoms with Gasteiger partial charge in [0, 0.05) is 4.90 Å². The minimum Gasteiger partial charge on any atom is -0.496 e. The molecule has 54 valence electrons. The molecule has 0 spiro atoms.